The first-order valence-corrected chi connectivity index (χ1v) is 4.86. The molecule has 0 aliphatic rings. The van der Waals surface area contributed by atoms with E-state index in [2.05, 4.69) is 0 Å². The summed E-state index contributed by atoms with van der Waals surface area (Å²) in [5.41, 5.74) is 0. The molecule has 4 heavy (non-hydrogen) atoms. The molecule has 0 aromatic heterocycles. The van der Waals surface area contributed by atoms with Crippen LogP contribution in [0.4, 0.5) is 4.20 Å². The van der Waals surface area contributed by atoms with E-state index in [4.69, 9.17) is 1.34 Å². The van der Waals surface area contributed by atoms with Gasteiger partial charge in [0.15, 0.2) is 7.53 Å². The molecule has 0 N–H and O–H groups in total. The molecule has 1 atom stereocenters. The van der Waals surface area contributed by atoms with Crippen LogP contribution < -0.4 is 0 Å². The van der Waals surface area contributed by atoms with Gasteiger partial charge in [-0.25, -0.2) is 4.20 Å². The van der Waals surface area contributed by atoms with Crippen LogP contribution in [0.15, 0.2) is 0 Å². The third-order valence-corrected chi connectivity index (χ3v) is 0. The normalized spacial score (nSPS) is 18.0. The van der Waals surface area contributed by atoms with E-state index in [9.17, 15) is 4.20 Å². The molecule has 0 fully saturated rings. The average molecular weight is 192 g/mol. The van der Waals surface area contributed by atoms with Crippen LogP contribution >= 0.6 is 27.8 Å². The zero-order chi connectivity index (χ0) is 4.28. The van der Waals surface area contributed by atoms with Crippen LogP contribution in [0.25, 0.3) is 0 Å². The Kier molecular flexibility index (Phi) is 2.01. The van der Waals surface area contributed by atoms with Crippen molar-refractivity contribution < 1.29 is 4.20 Å². The second kappa shape index (κ2) is 2.40. The van der Waals surface area contributed by atoms with Gasteiger partial charge in [0.25, 0.3) is 0 Å². The Bertz CT molecular complexity index is 25.6. The minimum Gasteiger partial charge on any atom is -0.227 e. The summed E-state index contributed by atoms with van der Waals surface area (Å²) < 4.78 is 17.6. The first kappa shape index (κ1) is 3.35. The van der Waals surface area contributed by atoms with Crippen molar-refractivity contribution in [1.29, 1.82) is 1.34 Å². The molecule has 0 aliphatic heterocycles. The van der Waals surface area contributed by atoms with Gasteiger partial charge in [-0.3, -0.25) is 0 Å². The number of halogens is 2. The van der Waals surface area contributed by atoms with Crippen molar-refractivity contribution in [2.24, 2.45) is 0 Å². The van der Waals surface area contributed by atoms with E-state index in [1.54, 1.807) is 22.0 Å². The lowest BCUT2D eigenvalue weighted by Crippen LogP contribution is -1.29. The summed E-state index contributed by atoms with van der Waals surface area (Å²) in [5, 5.41) is 0. The molecule has 0 spiro atoms. The van der Waals surface area contributed by atoms with E-state index in [0.29, 0.717) is 0 Å². The highest BCUT2D eigenvalue weighted by atomic mass is 127. The molecule has 0 saturated carbocycles. The highest BCUT2D eigenvalue weighted by molar-refractivity contribution is 14.2. The predicted octanol–water partition coefficient (Wildman–Crippen LogP) is 1.25. The summed E-state index contributed by atoms with van der Waals surface area (Å²) >= 11 is 1.62. The SMILES string of the molecule is [3H]BP(F)I. The topological polar surface area (TPSA) is 0 Å². The van der Waals surface area contributed by atoms with Crippen molar-refractivity contribution in [2.45, 2.75) is 0 Å². The summed E-state index contributed by atoms with van der Waals surface area (Å²) in [6.45, 7) is 0. The first-order valence-electron chi connectivity index (χ1n) is 1.36. The van der Waals surface area contributed by atoms with Crippen LogP contribution in [0, 0.1) is 0 Å². The van der Waals surface area contributed by atoms with Gasteiger partial charge in [-0.2, -0.15) is 0 Å². The highest BCUT2D eigenvalue weighted by Crippen LogP contribution is 2.39. The van der Waals surface area contributed by atoms with Crippen molar-refractivity contribution in [1.82, 2.24) is 0 Å². The standard InChI is InChI=1S/BFH2IP/c1-4(2)3/h1H2/i1T. The van der Waals surface area contributed by atoms with E-state index in [-0.39, 0.29) is 7.53 Å². The Labute approximate surface area is 41.2 Å². The number of hydrogen-bond donors (Lipinski definition) is 0. The fourth-order valence-corrected chi connectivity index (χ4v) is 0. The summed E-state index contributed by atoms with van der Waals surface area (Å²) in [7, 11) is -0.0596. The van der Waals surface area contributed by atoms with E-state index in [1.165, 1.54) is 0 Å². The van der Waals surface area contributed by atoms with Gasteiger partial charge in [0.2, 0.25) is 0 Å². The van der Waals surface area contributed by atoms with E-state index < -0.39 is 5.75 Å². The molecule has 0 aromatic carbocycles. The smallest absolute Gasteiger partial charge is 0.188 e. The van der Waals surface area contributed by atoms with Gasteiger partial charge in [-0.15, -0.1) is 0 Å². The van der Waals surface area contributed by atoms with Crippen molar-refractivity contribution in [3.63, 3.8) is 0 Å². The Morgan fingerprint density at radius 1 is 2.50 bits per heavy atom. The summed E-state index contributed by atoms with van der Waals surface area (Å²) in [6, 6.07) is 0. The van der Waals surface area contributed by atoms with Gasteiger partial charge in [0.1, 0.15) is 0 Å². The zero-order valence-corrected chi connectivity index (χ0v) is 4.96. The van der Waals surface area contributed by atoms with Crippen LogP contribution in [0.5, 0.6) is 0 Å². The maximum absolute atomic E-state index is 11.3. The van der Waals surface area contributed by atoms with Crippen molar-refractivity contribution >= 4 is 35.3 Å². The number of rotatable bonds is 1. The molecule has 1 unspecified atom stereocenters. The second-order valence-corrected chi connectivity index (χ2v) is 4.05. The second-order valence-electron chi connectivity index (χ2n) is 0.303. The van der Waals surface area contributed by atoms with Crippen molar-refractivity contribution in [3.8, 4) is 0 Å². The largest absolute Gasteiger partial charge is 0.227 e. The molecule has 0 aromatic rings. The van der Waals surface area contributed by atoms with Crippen LogP contribution in [-0.4, -0.2) is 8.86 Å². The predicted molar refractivity (Wildman–Crippen MR) is 30.6 cm³/mol. The summed E-state index contributed by atoms with van der Waals surface area (Å²) in [6.07, 6.45) is 0. The lowest BCUT2D eigenvalue weighted by Gasteiger charge is -1.71. The molecule has 0 saturated heterocycles. The van der Waals surface area contributed by atoms with Crippen LogP contribution in [0.1, 0.15) is 0 Å². The molecular formula is H2BFIP. The third-order valence-electron chi connectivity index (χ3n) is 0. The molecule has 0 amide bonds. The maximum atomic E-state index is 11.3. The molecule has 4 heteroatoms. The van der Waals surface area contributed by atoms with Crippen LogP contribution in [-0.2, 0) is 0 Å². The van der Waals surface area contributed by atoms with Gasteiger partial charge in [-0.05, 0) is 23.4 Å². The summed E-state index contributed by atoms with van der Waals surface area (Å²) in [5.74, 6) is -1.46. The molecule has 0 heterocycles. The van der Waals surface area contributed by atoms with Gasteiger partial charge >= 0.3 is 0 Å². The minimum atomic E-state index is -1.46. The Morgan fingerprint density at radius 2 is 2.75 bits per heavy atom. The monoisotopic (exact) mass is 192 g/mol. The average Bonchev–Trinajstić information content (AvgIpc) is 1.38. The minimum absolute atomic E-state index is 0.0596. The highest BCUT2D eigenvalue weighted by Gasteiger charge is 1.78. The van der Waals surface area contributed by atoms with Gasteiger partial charge in [0, 0.05) is 0 Å². The lowest BCUT2D eigenvalue weighted by atomic mass is 10.8. The van der Waals surface area contributed by atoms with Crippen LogP contribution in [0.2, 0.25) is 0 Å². The summed E-state index contributed by atoms with van der Waals surface area (Å²) in [4.78, 5) is 0. The fourth-order valence-electron chi connectivity index (χ4n) is 0. The molecule has 0 aliphatic carbocycles. The van der Waals surface area contributed by atoms with E-state index >= 15 is 0 Å². The van der Waals surface area contributed by atoms with Gasteiger partial charge < -0.3 is 0 Å². The Balaban J connectivity index is 2.54. The van der Waals surface area contributed by atoms with Crippen molar-refractivity contribution in [2.75, 3.05) is 0 Å². The van der Waals surface area contributed by atoms with E-state index in [0.717, 1.165) is 0 Å². The molecule has 0 nitrogen and oxygen atoms in total. The molecule has 0 rings (SSSR count). The molecule has 0 radical (unpaired) electrons. The first-order chi connectivity index (χ1) is 2.27. The fraction of sp³-hybridized carbons (Fsp3) is 0. The van der Waals surface area contributed by atoms with Gasteiger partial charge in [-0.1, -0.05) is 0 Å². The quantitative estimate of drug-likeness (QED) is 0.333. The zero-order valence-electron chi connectivity index (χ0n) is 2.91. The van der Waals surface area contributed by atoms with Crippen molar-refractivity contribution in [3.05, 3.63) is 0 Å². The molecule has 0 bridgehead atoms. The Hall–Kier alpha value is 1.15. The van der Waals surface area contributed by atoms with Crippen LogP contribution in [0.3, 0.4) is 0 Å². The van der Waals surface area contributed by atoms with Gasteiger partial charge in [0.05, 0.1) is 5.75 Å². The van der Waals surface area contributed by atoms with E-state index in [1.807, 2.05) is 0 Å². The number of hydrogen-bond acceptors (Lipinski definition) is 0. The molecule has 24 valence electrons. The molecular weight excluding hydrogens is 188 g/mol. The lowest BCUT2D eigenvalue weighted by molar-refractivity contribution is 0.933. The third kappa shape index (κ3) is 11.0. The maximum Gasteiger partial charge on any atom is 0.188 e. The Morgan fingerprint density at radius 3 is 2.75 bits per heavy atom.